The Kier molecular flexibility index (Phi) is 4.97. The van der Waals surface area contributed by atoms with Crippen LogP contribution in [-0.2, 0) is 0 Å². The molecule has 1 heterocycles. The van der Waals surface area contributed by atoms with Gasteiger partial charge in [-0.15, -0.1) is 0 Å². The maximum Gasteiger partial charge on any atom is 0.258 e. The van der Waals surface area contributed by atoms with Gasteiger partial charge in [0.1, 0.15) is 0 Å². The number of pyridine rings is 1. The molecule has 2 aromatic rings. The van der Waals surface area contributed by atoms with Crippen molar-refractivity contribution < 1.29 is 4.79 Å². The van der Waals surface area contributed by atoms with Crippen LogP contribution in [0.3, 0.4) is 0 Å². The number of halogens is 1. The number of nitrogens with zero attached hydrogens (tertiary/aromatic N) is 1. The average Bonchev–Trinajstić information content (AvgIpc) is 2.47. The minimum atomic E-state index is -0.246. The Morgan fingerprint density at radius 3 is 2.57 bits per heavy atom. The number of hydrogen-bond acceptors (Lipinski definition) is 2. The quantitative estimate of drug-likeness (QED) is 0.880. The van der Waals surface area contributed by atoms with Gasteiger partial charge in [0.05, 0.1) is 10.6 Å². The summed E-state index contributed by atoms with van der Waals surface area (Å²) in [5.74, 6) is 0.272. The van der Waals surface area contributed by atoms with Gasteiger partial charge in [0.2, 0.25) is 0 Å². The fourth-order valence-electron chi connectivity index (χ4n) is 2.02. The topological polar surface area (TPSA) is 42.0 Å². The molecule has 3 nitrogen and oxygen atoms in total. The van der Waals surface area contributed by atoms with Crippen LogP contribution < -0.4 is 5.32 Å². The summed E-state index contributed by atoms with van der Waals surface area (Å²) in [6.07, 6.45) is 2.59. The molecule has 1 aromatic carbocycles. The number of nitrogens with one attached hydrogen (secondary N) is 1. The fraction of sp³-hybridized carbons (Fsp3) is 0.294. The maximum absolute atomic E-state index is 12.2. The lowest BCUT2D eigenvalue weighted by Gasteiger charge is -2.11. The van der Waals surface area contributed by atoms with Gasteiger partial charge in [0.15, 0.2) is 0 Å². The van der Waals surface area contributed by atoms with Crippen LogP contribution >= 0.6 is 11.6 Å². The van der Waals surface area contributed by atoms with Gasteiger partial charge >= 0.3 is 0 Å². The van der Waals surface area contributed by atoms with Gasteiger partial charge in [0.25, 0.3) is 5.91 Å². The number of benzene rings is 1. The summed E-state index contributed by atoms with van der Waals surface area (Å²) in [5, 5.41) is 3.25. The first-order chi connectivity index (χ1) is 10.0. The average molecular weight is 303 g/mol. The lowest BCUT2D eigenvalue weighted by Crippen LogP contribution is -2.13. The summed E-state index contributed by atoms with van der Waals surface area (Å²) >= 11 is 6.08. The van der Waals surface area contributed by atoms with E-state index in [9.17, 15) is 4.79 Å². The first-order valence-electron chi connectivity index (χ1n) is 7.04. The van der Waals surface area contributed by atoms with Crippen molar-refractivity contribution in [1.82, 2.24) is 4.98 Å². The van der Waals surface area contributed by atoms with E-state index in [1.807, 2.05) is 31.2 Å². The molecule has 0 aliphatic carbocycles. The van der Waals surface area contributed by atoms with Gasteiger partial charge in [-0.3, -0.25) is 9.78 Å². The predicted octanol–water partition coefficient (Wildman–Crippen LogP) is 4.81. The van der Waals surface area contributed by atoms with Crippen LogP contribution in [0.15, 0.2) is 36.5 Å². The summed E-state index contributed by atoms with van der Waals surface area (Å²) in [6.45, 7) is 6.18. The molecule has 1 amide bonds. The number of aryl methyl sites for hydroxylation is 1. The zero-order valence-corrected chi connectivity index (χ0v) is 13.2. The molecule has 0 aliphatic heterocycles. The van der Waals surface area contributed by atoms with Gasteiger partial charge in [-0.2, -0.15) is 0 Å². The molecule has 110 valence electrons. The van der Waals surface area contributed by atoms with Crippen molar-refractivity contribution in [2.45, 2.75) is 33.1 Å². The number of hydrogen-bond donors (Lipinski definition) is 1. The smallest absolute Gasteiger partial charge is 0.258 e. The van der Waals surface area contributed by atoms with E-state index >= 15 is 0 Å². The lowest BCUT2D eigenvalue weighted by molar-refractivity contribution is 0.102. The van der Waals surface area contributed by atoms with Crippen LogP contribution in [-0.4, -0.2) is 10.9 Å². The molecule has 0 saturated heterocycles. The zero-order valence-electron chi connectivity index (χ0n) is 12.5. The van der Waals surface area contributed by atoms with Gasteiger partial charge in [0, 0.05) is 17.6 Å². The molecule has 1 atom stereocenters. The van der Waals surface area contributed by atoms with E-state index in [1.165, 1.54) is 11.8 Å². The van der Waals surface area contributed by atoms with E-state index in [0.29, 0.717) is 16.5 Å². The number of carbonyl (C=O) groups excluding carboxylic acids is 1. The summed E-state index contributed by atoms with van der Waals surface area (Å²) in [7, 11) is 0. The highest BCUT2D eigenvalue weighted by molar-refractivity contribution is 6.34. The molecule has 0 saturated carbocycles. The summed E-state index contributed by atoms with van der Waals surface area (Å²) in [5.41, 5.74) is 3.19. The van der Waals surface area contributed by atoms with Crippen LogP contribution in [0.4, 0.5) is 5.69 Å². The third-order valence-corrected chi connectivity index (χ3v) is 3.90. The minimum Gasteiger partial charge on any atom is -0.322 e. The van der Waals surface area contributed by atoms with Crippen molar-refractivity contribution in [1.29, 1.82) is 0 Å². The van der Waals surface area contributed by atoms with Crippen LogP contribution in [0.5, 0.6) is 0 Å². The second-order valence-electron chi connectivity index (χ2n) is 5.19. The number of carbonyl (C=O) groups is 1. The molecule has 4 heteroatoms. The number of rotatable bonds is 4. The first kappa shape index (κ1) is 15.5. The Hall–Kier alpha value is -1.87. The van der Waals surface area contributed by atoms with Crippen molar-refractivity contribution in [3.8, 4) is 0 Å². The minimum absolute atomic E-state index is 0.246. The van der Waals surface area contributed by atoms with Crippen LogP contribution in [0.2, 0.25) is 5.02 Å². The number of amides is 1. The van der Waals surface area contributed by atoms with Crippen molar-refractivity contribution in [3.63, 3.8) is 0 Å². The highest BCUT2D eigenvalue weighted by Crippen LogP contribution is 2.22. The van der Waals surface area contributed by atoms with Crippen molar-refractivity contribution in [2.75, 3.05) is 5.32 Å². The summed E-state index contributed by atoms with van der Waals surface area (Å²) in [6, 6.07) is 9.59. The molecule has 1 aromatic heterocycles. The van der Waals surface area contributed by atoms with Crippen molar-refractivity contribution in [3.05, 3.63) is 58.4 Å². The zero-order chi connectivity index (χ0) is 15.4. The number of anilines is 1. The Bertz CT molecular complexity index is 638. The van der Waals surface area contributed by atoms with E-state index in [2.05, 4.69) is 24.1 Å². The standard InChI is InChI=1S/C17H19ClN2O/c1-4-11(2)13-5-7-14(8-6-13)20-17(21)15-10-19-12(3)9-16(15)18/h5-11H,4H2,1-3H3,(H,20,21). The highest BCUT2D eigenvalue weighted by atomic mass is 35.5. The van der Waals surface area contributed by atoms with Gasteiger partial charge < -0.3 is 5.32 Å². The molecule has 0 radical (unpaired) electrons. The Balaban J connectivity index is 2.12. The molecular weight excluding hydrogens is 284 g/mol. The van der Waals surface area contributed by atoms with Crippen LogP contribution in [0.25, 0.3) is 0 Å². The normalized spacial score (nSPS) is 12.0. The van der Waals surface area contributed by atoms with E-state index in [1.54, 1.807) is 6.07 Å². The molecule has 21 heavy (non-hydrogen) atoms. The molecule has 1 N–H and O–H groups in total. The third-order valence-electron chi connectivity index (χ3n) is 3.58. The first-order valence-corrected chi connectivity index (χ1v) is 7.42. The molecular formula is C17H19ClN2O. The largest absolute Gasteiger partial charge is 0.322 e. The van der Waals surface area contributed by atoms with Gasteiger partial charge in [-0.1, -0.05) is 37.6 Å². The highest BCUT2D eigenvalue weighted by Gasteiger charge is 2.11. The Morgan fingerprint density at radius 1 is 1.33 bits per heavy atom. The van der Waals surface area contributed by atoms with E-state index in [4.69, 9.17) is 11.6 Å². The monoisotopic (exact) mass is 302 g/mol. The maximum atomic E-state index is 12.2. The second-order valence-corrected chi connectivity index (χ2v) is 5.60. The van der Waals surface area contributed by atoms with Crippen LogP contribution in [0, 0.1) is 6.92 Å². The summed E-state index contributed by atoms with van der Waals surface area (Å²) in [4.78, 5) is 16.3. The predicted molar refractivity (Wildman–Crippen MR) is 87.1 cm³/mol. The molecule has 1 unspecified atom stereocenters. The summed E-state index contributed by atoms with van der Waals surface area (Å²) < 4.78 is 0. The Morgan fingerprint density at radius 2 is 2.00 bits per heavy atom. The second kappa shape index (κ2) is 6.72. The molecule has 0 fully saturated rings. The molecule has 2 rings (SSSR count). The van der Waals surface area contributed by atoms with Crippen LogP contribution in [0.1, 0.15) is 47.8 Å². The molecule has 0 spiro atoms. The fourth-order valence-corrected chi connectivity index (χ4v) is 2.32. The van der Waals surface area contributed by atoms with E-state index < -0.39 is 0 Å². The Labute approximate surface area is 130 Å². The third kappa shape index (κ3) is 3.82. The van der Waals surface area contributed by atoms with Gasteiger partial charge in [-0.05, 0) is 43.0 Å². The van der Waals surface area contributed by atoms with E-state index in [0.717, 1.165) is 17.8 Å². The lowest BCUT2D eigenvalue weighted by atomic mass is 9.98. The van der Waals surface area contributed by atoms with Crippen molar-refractivity contribution >= 4 is 23.2 Å². The van der Waals surface area contributed by atoms with Crippen molar-refractivity contribution in [2.24, 2.45) is 0 Å². The van der Waals surface area contributed by atoms with E-state index in [-0.39, 0.29) is 5.91 Å². The number of aromatic nitrogens is 1. The SMILES string of the molecule is CCC(C)c1ccc(NC(=O)c2cnc(C)cc2Cl)cc1. The molecule has 0 bridgehead atoms. The molecule has 0 aliphatic rings. The van der Waals surface area contributed by atoms with Gasteiger partial charge in [-0.25, -0.2) is 0 Å².